The molecule has 0 aromatic carbocycles. The molecule has 3 nitrogen and oxygen atoms in total. The highest BCUT2D eigenvalue weighted by Gasteiger charge is 2.24. The first-order chi connectivity index (χ1) is 5.34. The van der Waals surface area contributed by atoms with E-state index in [0.29, 0.717) is 0 Å². The summed E-state index contributed by atoms with van der Waals surface area (Å²) in [6.07, 6.45) is 2.76. The minimum atomic E-state index is 0.818. The normalized spacial score (nSPS) is 29.2. The first kappa shape index (κ1) is 7.53. The summed E-state index contributed by atoms with van der Waals surface area (Å²) in [5.74, 6) is 0. The van der Waals surface area contributed by atoms with Crippen LogP contribution in [0.25, 0.3) is 0 Å². The van der Waals surface area contributed by atoms with E-state index in [1.807, 2.05) is 0 Å². The highest BCUT2D eigenvalue weighted by Crippen LogP contribution is 2.19. The Bertz CT molecular complexity index is 125. The maximum Gasteiger partial charge on any atom is 0.0259 e. The second-order valence-corrected chi connectivity index (χ2v) is 3.69. The number of hydrazine groups is 1. The molecular weight excluding hydrogens is 138 g/mol. The van der Waals surface area contributed by atoms with Gasteiger partial charge in [0, 0.05) is 32.2 Å². The largest absolute Gasteiger partial charge is 0.304 e. The molecule has 2 rings (SSSR count). The lowest BCUT2D eigenvalue weighted by atomic mass is 10.4. The molecule has 1 heterocycles. The smallest absolute Gasteiger partial charge is 0.0259 e. The van der Waals surface area contributed by atoms with Gasteiger partial charge in [-0.3, -0.25) is 5.43 Å². The highest BCUT2D eigenvalue weighted by molar-refractivity contribution is 4.81. The third-order valence-corrected chi connectivity index (χ3v) is 2.45. The number of hydrogen-bond acceptors (Lipinski definition) is 3. The van der Waals surface area contributed by atoms with Crippen LogP contribution in [0.2, 0.25) is 0 Å². The van der Waals surface area contributed by atoms with Crippen molar-refractivity contribution >= 4 is 0 Å². The molecule has 0 atom stereocenters. The Kier molecular flexibility index (Phi) is 2.11. The van der Waals surface area contributed by atoms with Crippen molar-refractivity contribution in [2.75, 3.05) is 33.2 Å². The van der Waals surface area contributed by atoms with Crippen LogP contribution < -0.4 is 5.43 Å². The summed E-state index contributed by atoms with van der Waals surface area (Å²) in [5, 5.41) is 2.37. The first-order valence-corrected chi connectivity index (χ1v) is 4.54. The SMILES string of the molecule is CN1CCN(NC2CC2)CC1. The van der Waals surface area contributed by atoms with E-state index < -0.39 is 0 Å². The number of nitrogens with zero attached hydrogens (tertiary/aromatic N) is 2. The molecule has 1 aliphatic carbocycles. The Morgan fingerprint density at radius 1 is 1.09 bits per heavy atom. The molecule has 64 valence electrons. The number of rotatable bonds is 2. The van der Waals surface area contributed by atoms with Crippen LogP contribution in [0.3, 0.4) is 0 Å². The van der Waals surface area contributed by atoms with E-state index in [-0.39, 0.29) is 0 Å². The maximum atomic E-state index is 3.52. The molecule has 1 saturated carbocycles. The Morgan fingerprint density at radius 3 is 2.27 bits per heavy atom. The standard InChI is InChI=1S/C8H17N3/c1-10-4-6-11(7-5-10)9-8-2-3-8/h8-9H,2-7H2,1H3. The molecule has 0 unspecified atom stereocenters. The summed E-state index contributed by atoms with van der Waals surface area (Å²) < 4.78 is 0. The van der Waals surface area contributed by atoms with Crippen LogP contribution in [0, 0.1) is 0 Å². The molecule has 0 aromatic rings. The quantitative estimate of drug-likeness (QED) is 0.601. The van der Waals surface area contributed by atoms with Gasteiger partial charge in [0.1, 0.15) is 0 Å². The van der Waals surface area contributed by atoms with Gasteiger partial charge in [0.2, 0.25) is 0 Å². The lowest BCUT2D eigenvalue weighted by Gasteiger charge is -2.32. The lowest BCUT2D eigenvalue weighted by Crippen LogP contribution is -2.51. The van der Waals surface area contributed by atoms with Crippen LogP contribution in [0.15, 0.2) is 0 Å². The van der Waals surface area contributed by atoms with Crippen molar-refractivity contribution in [3.8, 4) is 0 Å². The summed E-state index contributed by atoms with van der Waals surface area (Å²) in [5.41, 5.74) is 3.52. The summed E-state index contributed by atoms with van der Waals surface area (Å²) in [4.78, 5) is 2.38. The Hall–Kier alpha value is -0.120. The topological polar surface area (TPSA) is 18.5 Å². The fourth-order valence-corrected chi connectivity index (χ4v) is 1.41. The number of piperazine rings is 1. The van der Waals surface area contributed by atoms with Crippen LogP contribution in [0.1, 0.15) is 12.8 Å². The zero-order valence-electron chi connectivity index (χ0n) is 7.21. The minimum absolute atomic E-state index is 0.818. The lowest BCUT2D eigenvalue weighted by molar-refractivity contribution is 0.102. The average Bonchev–Trinajstić information content (AvgIpc) is 2.78. The molecule has 0 bridgehead atoms. The van der Waals surface area contributed by atoms with Crippen molar-refractivity contribution in [3.63, 3.8) is 0 Å². The summed E-state index contributed by atoms with van der Waals surface area (Å²) in [7, 11) is 2.19. The molecule has 2 fully saturated rings. The van der Waals surface area contributed by atoms with Gasteiger partial charge in [0.25, 0.3) is 0 Å². The molecule has 1 saturated heterocycles. The van der Waals surface area contributed by atoms with Gasteiger partial charge >= 0.3 is 0 Å². The molecule has 11 heavy (non-hydrogen) atoms. The van der Waals surface area contributed by atoms with Crippen LogP contribution >= 0.6 is 0 Å². The molecular formula is C8H17N3. The predicted molar refractivity (Wildman–Crippen MR) is 45.2 cm³/mol. The van der Waals surface area contributed by atoms with Crippen LogP contribution in [0.5, 0.6) is 0 Å². The van der Waals surface area contributed by atoms with E-state index >= 15 is 0 Å². The van der Waals surface area contributed by atoms with Gasteiger partial charge in [-0.05, 0) is 19.9 Å². The van der Waals surface area contributed by atoms with Crippen molar-refractivity contribution in [2.45, 2.75) is 18.9 Å². The van der Waals surface area contributed by atoms with Gasteiger partial charge in [0.05, 0.1) is 0 Å². The fourth-order valence-electron chi connectivity index (χ4n) is 1.41. The van der Waals surface area contributed by atoms with Gasteiger partial charge in [-0.2, -0.15) is 0 Å². The monoisotopic (exact) mass is 155 g/mol. The van der Waals surface area contributed by atoms with Crippen molar-refractivity contribution in [1.29, 1.82) is 0 Å². The molecule has 1 aliphatic heterocycles. The van der Waals surface area contributed by atoms with E-state index in [4.69, 9.17) is 0 Å². The van der Waals surface area contributed by atoms with Gasteiger partial charge < -0.3 is 4.90 Å². The van der Waals surface area contributed by atoms with Gasteiger partial charge in [-0.1, -0.05) is 0 Å². The fraction of sp³-hybridized carbons (Fsp3) is 1.00. The molecule has 0 aromatic heterocycles. The molecule has 0 spiro atoms. The zero-order valence-corrected chi connectivity index (χ0v) is 7.21. The van der Waals surface area contributed by atoms with Crippen LogP contribution in [-0.2, 0) is 0 Å². The van der Waals surface area contributed by atoms with E-state index in [1.54, 1.807) is 0 Å². The minimum Gasteiger partial charge on any atom is -0.304 e. The first-order valence-electron chi connectivity index (χ1n) is 4.54. The summed E-state index contributed by atoms with van der Waals surface area (Å²) >= 11 is 0. The van der Waals surface area contributed by atoms with Crippen LogP contribution in [-0.4, -0.2) is 49.2 Å². The molecule has 0 radical (unpaired) electrons. The van der Waals surface area contributed by atoms with E-state index in [9.17, 15) is 0 Å². The summed E-state index contributed by atoms with van der Waals surface area (Å²) in [6.45, 7) is 4.79. The Balaban J connectivity index is 1.69. The van der Waals surface area contributed by atoms with Crippen molar-refractivity contribution in [2.24, 2.45) is 0 Å². The third-order valence-electron chi connectivity index (χ3n) is 2.45. The van der Waals surface area contributed by atoms with Crippen molar-refractivity contribution in [3.05, 3.63) is 0 Å². The molecule has 3 heteroatoms. The van der Waals surface area contributed by atoms with E-state index in [0.717, 1.165) is 6.04 Å². The number of nitrogens with one attached hydrogen (secondary N) is 1. The average molecular weight is 155 g/mol. The maximum absolute atomic E-state index is 3.52. The second-order valence-electron chi connectivity index (χ2n) is 3.69. The van der Waals surface area contributed by atoms with Gasteiger partial charge in [-0.15, -0.1) is 0 Å². The second kappa shape index (κ2) is 3.09. The molecule has 0 amide bonds. The third kappa shape index (κ3) is 2.15. The van der Waals surface area contributed by atoms with E-state index in [2.05, 4.69) is 22.4 Å². The van der Waals surface area contributed by atoms with Crippen molar-refractivity contribution in [1.82, 2.24) is 15.3 Å². The molecule has 2 aliphatic rings. The van der Waals surface area contributed by atoms with Gasteiger partial charge in [-0.25, -0.2) is 5.01 Å². The zero-order chi connectivity index (χ0) is 7.68. The van der Waals surface area contributed by atoms with Crippen LogP contribution in [0.4, 0.5) is 0 Å². The molecule has 1 N–H and O–H groups in total. The Labute approximate surface area is 68.3 Å². The Morgan fingerprint density at radius 2 is 1.73 bits per heavy atom. The van der Waals surface area contributed by atoms with Gasteiger partial charge in [0.15, 0.2) is 0 Å². The number of hydrogen-bond donors (Lipinski definition) is 1. The number of likely N-dealkylation sites (N-methyl/N-ethyl adjacent to an activating group) is 1. The highest BCUT2D eigenvalue weighted by atomic mass is 15.5. The summed E-state index contributed by atoms with van der Waals surface area (Å²) in [6, 6.07) is 0.818. The predicted octanol–water partition coefficient (Wildman–Crippen LogP) is -0.0992. The van der Waals surface area contributed by atoms with E-state index in [1.165, 1.54) is 39.0 Å². The van der Waals surface area contributed by atoms with Crippen molar-refractivity contribution < 1.29 is 0 Å².